The van der Waals surface area contributed by atoms with Crippen molar-refractivity contribution in [1.82, 2.24) is 4.98 Å². The second-order valence-corrected chi connectivity index (χ2v) is 12.2. The van der Waals surface area contributed by atoms with Gasteiger partial charge in [0.05, 0.1) is 17.3 Å². The molecule has 1 N–H and O–H groups in total. The summed E-state index contributed by atoms with van der Waals surface area (Å²) in [5.74, 6) is -1.14. The number of thiazole rings is 1. The first-order valence-electron chi connectivity index (χ1n) is 15.4. The number of ketones is 1. The molecule has 9 nitrogen and oxygen atoms in total. The number of esters is 1. The van der Waals surface area contributed by atoms with E-state index in [9.17, 15) is 19.5 Å². The van der Waals surface area contributed by atoms with Crippen LogP contribution in [0.25, 0.3) is 5.76 Å². The molecule has 1 saturated heterocycles. The number of hydrogen-bond acceptors (Lipinski definition) is 9. The van der Waals surface area contributed by atoms with Crippen LogP contribution < -0.4 is 14.4 Å². The standard InChI is InChI=1S/C39H32N2O7S/c1-4-20-46-38(45)36-25(3)40-39(49-36)41-33(27-14-11-17-30(22-27)48-29-15-9-6-10-16-29)32(35(43)37(41)44)34(42)28-18-19-31(24(2)21-28)47-23-26-12-7-5-8-13-26/h4-19,21-22,33,42H,1,20,23H2,2-3H3/b34-32-. The fraction of sp³-hybridized carbons (Fsp3) is 0.128. The number of amides is 1. The van der Waals surface area contributed by atoms with Gasteiger partial charge in [0.1, 0.15) is 41.1 Å². The first kappa shape index (κ1) is 32.9. The molecule has 246 valence electrons. The van der Waals surface area contributed by atoms with Crippen LogP contribution in [0.2, 0.25) is 0 Å². The van der Waals surface area contributed by atoms with E-state index in [2.05, 4.69) is 11.6 Å². The molecule has 1 fully saturated rings. The van der Waals surface area contributed by atoms with Crippen molar-refractivity contribution >= 4 is 39.9 Å². The van der Waals surface area contributed by atoms with Gasteiger partial charge in [0.2, 0.25) is 0 Å². The molecule has 6 rings (SSSR count). The SMILES string of the molecule is C=CCOC(=O)c1sc(N2C(=O)C(=O)/C(=C(\O)c3ccc(OCc4ccccc4)c(C)c3)C2c2cccc(Oc3ccccc3)c2)nc1C. The number of carbonyl (C=O) groups is 3. The molecule has 4 aromatic carbocycles. The predicted octanol–water partition coefficient (Wildman–Crippen LogP) is 8.10. The second kappa shape index (κ2) is 14.4. The van der Waals surface area contributed by atoms with Gasteiger partial charge in [-0.1, -0.05) is 84.7 Å². The summed E-state index contributed by atoms with van der Waals surface area (Å²) >= 11 is 0.925. The highest BCUT2D eigenvalue weighted by atomic mass is 32.1. The van der Waals surface area contributed by atoms with E-state index in [1.165, 1.54) is 11.0 Å². The number of carbonyl (C=O) groups excluding carboxylic acids is 3. The zero-order valence-electron chi connectivity index (χ0n) is 26.8. The van der Waals surface area contributed by atoms with Gasteiger partial charge in [0, 0.05) is 5.56 Å². The van der Waals surface area contributed by atoms with Crippen LogP contribution in [-0.4, -0.2) is 34.4 Å². The van der Waals surface area contributed by atoms with Crippen LogP contribution in [0.4, 0.5) is 5.13 Å². The highest BCUT2D eigenvalue weighted by Crippen LogP contribution is 2.45. The van der Waals surface area contributed by atoms with Crippen molar-refractivity contribution in [3.8, 4) is 17.2 Å². The summed E-state index contributed by atoms with van der Waals surface area (Å²) in [7, 11) is 0. The number of ether oxygens (including phenoxy) is 3. The van der Waals surface area contributed by atoms with E-state index in [0.717, 1.165) is 22.5 Å². The van der Waals surface area contributed by atoms with E-state index in [-0.39, 0.29) is 27.9 Å². The minimum Gasteiger partial charge on any atom is -0.507 e. The summed E-state index contributed by atoms with van der Waals surface area (Å²) < 4.78 is 17.3. The van der Waals surface area contributed by atoms with E-state index in [4.69, 9.17) is 14.2 Å². The van der Waals surface area contributed by atoms with Gasteiger partial charge in [-0.05, 0) is 73.0 Å². The van der Waals surface area contributed by atoms with Crippen molar-refractivity contribution < 1.29 is 33.7 Å². The number of aryl methyl sites for hydroxylation is 2. The molecule has 49 heavy (non-hydrogen) atoms. The third kappa shape index (κ3) is 7.00. The fourth-order valence-electron chi connectivity index (χ4n) is 5.44. The molecule has 1 amide bonds. The third-order valence-electron chi connectivity index (χ3n) is 7.79. The van der Waals surface area contributed by atoms with Crippen LogP contribution >= 0.6 is 11.3 Å². The highest BCUT2D eigenvalue weighted by molar-refractivity contribution is 7.17. The molecule has 10 heteroatoms. The van der Waals surface area contributed by atoms with E-state index < -0.39 is 23.7 Å². The fourth-order valence-corrected chi connectivity index (χ4v) is 6.43. The minimum absolute atomic E-state index is 0.000269. The largest absolute Gasteiger partial charge is 0.507 e. The summed E-state index contributed by atoms with van der Waals surface area (Å²) in [5, 5.41) is 11.9. The Balaban J connectivity index is 1.42. The van der Waals surface area contributed by atoms with Gasteiger partial charge in [-0.2, -0.15) is 0 Å². The Labute approximate surface area is 287 Å². The lowest BCUT2D eigenvalue weighted by Crippen LogP contribution is -2.29. The first-order valence-corrected chi connectivity index (χ1v) is 16.2. The van der Waals surface area contributed by atoms with E-state index >= 15 is 0 Å². The zero-order valence-corrected chi connectivity index (χ0v) is 27.6. The molecule has 1 aliphatic rings. The van der Waals surface area contributed by atoms with Gasteiger partial charge in [-0.15, -0.1) is 0 Å². The van der Waals surface area contributed by atoms with Crippen molar-refractivity contribution in [3.63, 3.8) is 0 Å². The van der Waals surface area contributed by atoms with Crippen molar-refractivity contribution in [2.24, 2.45) is 0 Å². The van der Waals surface area contributed by atoms with Crippen molar-refractivity contribution in [3.05, 3.63) is 154 Å². The Kier molecular flexibility index (Phi) is 9.68. The molecule has 1 aromatic heterocycles. The Hall–Kier alpha value is -6.00. The number of aliphatic hydroxyl groups excluding tert-OH is 1. The van der Waals surface area contributed by atoms with Crippen LogP contribution in [0.5, 0.6) is 17.2 Å². The molecule has 1 unspecified atom stereocenters. The number of para-hydroxylation sites is 1. The molecular formula is C39H32N2O7S. The number of anilines is 1. The van der Waals surface area contributed by atoms with Gasteiger partial charge in [-0.25, -0.2) is 9.78 Å². The third-order valence-corrected chi connectivity index (χ3v) is 8.93. The van der Waals surface area contributed by atoms with E-state index in [0.29, 0.717) is 40.7 Å². The first-order chi connectivity index (χ1) is 23.7. The van der Waals surface area contributed by atoms with E-state index in [1.54, 1.807) is 61.5 Å². The lowest BCUT2D eigenvalue weighted by Gasteiger charge is -2.23. The topological polar surface area (TPSA) is 115 Å². The van der Waals surface area contributed by atoms with Crippen LogP contribution in [0.15, 0.2) is 121 Å². The molecule has 1 aliphatic heterocycles. The van der Waals surface area contributed by atoms with Crippen molar-refractivity contribution in [2.45, 2.75) is 26.5 Å². The molecule has 0 saturated carbocycles. The molecule has 0 radical (unpaired) electrons. The zero-order chi connectivity index (χ0) is 34.5. The van der Waals surface area contributed by atoms with Crippen LogP contribution in [0.1, 0.15) is 43.7 Å². The molecule has 5 aromatic rings. The maximum Gasteiger partial charge on any atom is 0.350 e. The van der Waals surface area contributed by atoms with Crippen molar-refractivity contribution in [1.29, 1.82) is 0 Å². The summed E-state index contributed by atoms with van der Waals surface area (Å²) in [5.41, 5.74) is 2.73. The summed E-state index contributed by atoms with van der Waals surface area (Å²) in [4.78, 5) is 46.3. The summed E-state index contributed by atoms with van der Waals surface area (Å²) in [6.45, 7) is 7.38. The van der Waals surface area contributed by atoms with Gasteiger partial charge < -0.3 is 19.3 Å². The molecule has 2 heterocycles. The Bertz CT molecular complexity index is 2070. The normalized spacial score (nSPS) is 15.2. The van der Waals surface area contributed by atoms with Crippen LogP contribution in [-0.2, 0) is 20.9 Å². The number of hydrogen-bond donors (Lipinski definition) is 1. The van der Waals surface area contributed by atoms with Crippen molar-refractivity contribution in [2.75, 3.05) is 11.5 Å². The Morgan fingerprint density at radius 1 is 0.939 bits per heavy atom. The Morgan fingerprint density at radius 3 is 2.37 bits per heavy atom. The lowest BCUT2D eigenvalue weighted by molar-refractivity contribution is -0.132. The molecule has 0 bridgehead atoms. The number of aromatic nitrogens is 1. The molecule has 1 atom stereocenters. The minimum atomic E-state index is -1.10. The maximum atomic E-state index is 13.9. The average Bonchev–Trinajstić information content (AvgIpc) is 3.63. The lowest BCUT2D eigenvalue weighted by atomic mass is 9.94. The predicted molar refractivity (Wildman–Crippen MR) is 187 cm³/mol. The quantitative estimate of drug-likeness (QED) is 0.0492. The number of rotatable bonds is 11. The summed E-state index contributed by atoms with van der Waals surface area (Å²) in [6, 6.07) is 29.8. The van der Waals surface area contributed by atoms with Gasteiger partial charge in [0.25, 0.3) is 5.78 Å². The van der Waals surface area contributed by atoms with E-state index in [1.807, 2.05) is 55.5 Å². The number of aliphatic hydroxyl groups is 1. The van der Waals surface area contributed by atoms with Crippen LogP contribution in [0, 0.1) is 13.8 Å². The Morgan fingerprint density at radius 2 is 1.65 bits per heavy atom. The smallest absolute Gasteiger partial charge is 0.350 e. The monoisotopic (exact) mass is 672 g/mol. The average molecular weight is 673 g/mol. The molecule has 0 aliphatic carbocycles. The van der Waals surface area contributed by atoms with Crippen LogP contribution in [0.3, 0.4) is 0 Å². The molecule has 0 spiro atoms. The van der Waals surface area contributed by atoms with Gasteiger partial charge >= 0.3 is 11.9 Å². The van der Waals surface area contributed by atoms with Gasteiger partial charge in [-0.3, -0.25) is 14.5 Å². The number of nitrogens with zero attached hydrogens (tertiary/aromatic N) is 2. The van der Waals surface area contributed by atoms with Gasteiger partial charge in [0.15, 0.2) is 5.13 Å². The number of benzene rings is 4. The number of Topliss-reactive ketones (excluding diaryl/α,β-unsaturated/α-hetero) is 1. The summed E-state index contributed by atoms with van der Waals surface area (Å²) in [6.07, 6.45) is 1.45. The highest BCUT2D eigenvalue weighted by Gasteiger charge is 2.48. The second-order valence-electron chi connectivity index (χ2n) is 11.2. The molecular weight excluding hydrogens is 641 g/mol. The maximum absolute atomic E-state index is 13.9.